The molecule has 0 spiro atoms. The van der Waals surface area contributed by atoms with Crippen molar-refractivity contribution in [2.45, 2.75) is 0 Å². The Bertz CT molecular complexity index is 423. The number of rotatable bonds is 7. The molecule has 0 aliphatic heterocycles. The lowest BCUT2D eigenvalue weighted by Gasteiger charge is -2.07. The summed E-state index contributed by atoms with van der Waals surface area (Å²) in [5.41, 5.74) is 1.07. The Balaban J connectivity index is 0.00000361. The summed E-state index contributed by atoms with van der Waals surface area (Å²) in [7, 11) is 2.92. The van der Waals surface area contributed by atoms with Crippen LogP contribution < -0.4 is 10.6 Å². The van der Waals surface area contributed by atoms with Crippen LogP contribution in [0.2, 0.25) is 0 Å². The molecular formula is C13H19ClN2O4. The normalized spacial score (nSPS) is 9.50. The first kappa shape index (κ1) is 18.4. The van der Waals surface area contributed by atoms with Crippen molar-refractivity contribution in [3.05, 3.63) is 29.8 Å². The van der Waals surface area contributed by atoms with Gasteiger partial charge in [0.1, 0.15) is 0 Å². The van der Waals surface area contributed by atoms with E-state index in [9.17, 15) is 9.59 Å². The van der Waals surface area contributed by atoms with Crippen LogP contribution in [0.1, 0.15) is 10.4 Å². The number of nitrogens with one attached hydrogen (secondary N) is 2. The fourth-order valence-corrected chi connectivity index (χ4v) is 1.39. The third-order valence-corrected chi connectivity index (χ3v) is 2.36. The topological polar surface area (TPSA) is 76.7 Å². The van der Waals surface area contributed by atoms with Gasteiger partial charge in [-0.3, -0.25) is 4.79 Å². The molecule has 1 aromatic carbocycles. The van der Waals surface area contributed by atoms with E-state index in [2.05, 4.69) is 15.4 Å². The quantitative estimate of drug-likeness (QED) is 0.582. The SMILES string of the molecule is COCCNCC(=O)Nc1ccc(C(=O)OC)cc1.Cl. The van der Waals surface area contributed by atoms with Crippen molar-refractivity contribution in [1.29, 1.82) is 0 Å². The maximum Gasteiger partial charge on any atom is 0.337 e. The highest BCUT2D eigenvalue weighted by Crippen LogP contribution is 2.10. The average molecular weight is 303 g/mol. The van der Waals surface area contributed by atoms with E-state index >= 15 is 0 Å². The van der Waals surface area contributed by atoms with Crippen molar-refractivity contribution in [2.75, 3.05) is 39.2 Å². The van der Waals surface area contributed by atoms with E-state index in [4.69, 9.17) is 4.74 Å². The number of carbonyl (C=O) groups excluding carboxylic acids is 2. The number of carbonyl (C=O) groups is 2. The molecule has 0 bridgehead atoms. The van der Waals surface area contributed by atoms with Crippen LogP contribution in [0, 0.1) is 0 Å². The summed E-state index contributed by atoms with van der Waals surface area (Å²) in [4.78, 5) is 22.8. The van der Waals surface area contributed by atoms with Gasteiger partial charge >= 0.3 is 5.97 Å². The summed E-state index contributed by atoms with van der Waals surface area (Å²) < 4.78 is 9.44. The number of hydrogen-bond acceptors (Lipinski definition) is 5. The molecule has 1 aromatic rings. The number of anilines is 1. The minimum absolute atomic E-state index is 0. The molecule has 0 radical (unpaired) electrons. The van der Waals surface area contributed by atoms with E-state index in [0.717, 1.165) is 0 Å². The minimum Gasteiger partial charge on any atom is -0.465 e. The zero-order chi connectivity index (χ0) is 14.1. The molecule has 7 heteroatoms. The van der Waals surface area contributed by atoms with Crippen LogP contribution >= 0.6 is 12.4 Å². The van der Waals surface area contributed by atoms with Gasteiger partial charge in [0.05, 0.1) is 25.8 Å². The van der Waals surface area contributed by atoms with Gasteiger partial charge in [0.2, 0.25) is 5.91 Å². The lowest BCUT2D eigenvalue weighted by molar-refractivity contribution is -0.115. The van der Waals surface area contributed by atoms with Gasteiger partial charge in [0.25, 0.3) is 0 Å². The number of ether oxygens (including phenoxy) is 2. The fourth-order valence-electron chi connectivity index (χ4n) is 1.39. The highest BCUT2D eigenvalue weighted by atomic mass is 35.5. The van der Waals surface area contributed by atoms with Crippen molar-refractivity contribution in [3.63, 3.8) is 0 Å². The first-order chi connectivity index (χ1) is 9.17. The molecule has 1 rings (SSSR count). The number of methoxy groups -OCH3 is 2. The fraction of sp³-hybridized carbons (Fsp3) is 0.385. The standard InChI is InChI=1S/C13H18N2O4.ClH/c1-18-8-7-14-9-12(16)15-11-5-3-10(4-6-11)13(17)19-2;/h3-6,14H,7-9H2,1-2H3,(H,15,16);1H. The second kappa shape index (κ2) is 10.2. The van der Waals surface area contributed by atoms with Crippen LogP contribution in [0.3, 0.4) is 0 Å². The highest BCUT2D eigenvalue weighted by molar-refractivity contribution is 5.93. The lowest BCUT2D eigenvalue weighted by atomic mass is 10.2. The number of halogens is 1. The van der Waals surface area contributed by atoms with E-state index < -0.39 is 5.97 Å². The molecule has 0 unspecified atom stereocenters. The molecule has 2 N–H and O–H groups in total. The van der Waals surface area contributed by atoms with Crippen LogP contribution in [-0.4, -0.2) is 45.8 Å². The summed E-state index contributed by atoms with van der Waals surface area (Å²) in [5, 5.41) is 5.64. The summed E-state index contributed by atoms with van der Waals surface area (Å²) in [6, 6.07) is 6.50. The molecule has 0 saturated carbocycles. The van der Waals surface area contributed by atoms with Crippen molar-refractivity contribution in [1.82, 2.24) is 5.32 Å². The third-order valence-electron chi connectivity index (χ3n) is 2.36. The molecular weight excluding hydrogens is 284 g/mol. The predicted molar refractivity (Wildman–Crippen MR) is 78.4 cm³/mol. The van der Waals surface area contributed by atoms with Gasteiger partial charge in [0, 0.05) is 19.3 Å². The maximum atomic E-state index is 11.5. The zero-order valence-corrected chi connectivity index (χ0v) is 12.3. The Morgan fingerprint density at radius 3 is 2.35 bits per heavy atom. The van der Waals surface area contributed by atoms with Crippen LogP contribution in [0.25, 0.3) is 0 Å². The van der Waals surface area contributed by atoms with Crippen molar-refractivity contribution >= 4 is 30.0 Å². The first-order valence-corrected chi connectivity index (χ1v) is 5.85. The molecule has 112 valence electrons. The van der Waals surface area contributed by atoms with Crippen molar-refractivity contribution in [2.24, 2.45) is 0 Å². The Hall–Kier alpha value is -1.63. The lowest BCUT2D eigenvalue weighted by Crippen LogP contribution is -2.30. The molecule has 0 aliphatic rings. The predicted octanol–water partition coefficient (Wildman–Crippen LogP) is 1.07. The molecule has 20 heavy (non-hydrogen) atoms. The monoisotopic (exact) mass is 302 g/mol. The van der Waals surface area contributed by atoms with Crippen LogP contribution in [0.15, 0.2) is 24.3 Å². The Kier molecular flexibility index (Phi) is 9.36. The second-order valence-electron chi connectivity index (χ2n) is 3.79. The van der Waals surface area contributed by atoms with Crippen molar-refractivity contribution in [3.8, 4) is 0 Å². The molecule has 0 atom stereocenters. The molecule has 0 heterocycles. The number of amides is 1. The Morgan fingerprint density at radius 1 is 1.15 bits per heavy atom. The molecule has 0 aromatic heterocycles. The van der Waals surface area contributed by atoms with Gasteiger partial charge in [-0.05, 0) is 24.3 Å². The van der Waals surface area contributed by atoms with E-state index in [-0.39, 0.29) is 24.9 Å². The van der Waals surface area contributed by atoms with Gasteiger partial charge in [-0.15, -0.1) is 12.4 Å². The van der Waals surface area contributed by atoms with Crippen LogP contribution in [0.5, 0.6) is 0 Å². The number of esters is 1. The highest BCUT2D eigenvalue weighted by Gasteiger charge is 2.05. The summed E-state index contributed by atoms with van der Waals surface area (Å²) >= 11 is 0. The molecule has 0 fully saturated rings. The third kappa shape index (κ3) is 6.51. The van der Waals surface area contributed by atoms with Gasteiger partial charge in [-0.25, -0.2) is 4.79 Å². The van der Waals surface area contributed by atoms with Gasteiger partial charge in [-0.2, -0.15) is 0 Å². The second-order valence-corrected chi connectivity index (χ2v) is 3.79. The number of benzene rings is 1. The Labute approximate surface area is 124 Å². The summed E-state index contributed by atoms with van der Waals surface area (Å²) in [5.74, 6) is -0.555. The maximum absolute atomic E-state index is 11.5. The van der Waals surface area contributed by atoms with Gasteiger partial charge in [0.15, 0.2) is 0 Å². The summed E-state index contributed by atoms with van der Waals surface area (Å²) in [6.45, 7) is 1.38. The minimum atomic E-state index is -0.404. The van der Waals surface area contributed by atoms with E-state index in [1.165, 1.54) is 7.11 Å². The van der Waals surface area contributed by atoms with Crippen LogP contribution in [0.4, 0.5) is 5.69 Å². The Morgan fingerprint density at radius 2 is 1.80 bits per heavy atom. The van der Waals surface area contributed by atoms with Gasteiger partial charge in [-0.1, -0.05) is 0 Å². The van der Waals surface area contributed by atoms with Crippen LogP contribution in [-0.2, 0) is 14.3 Å². The average Bonchev–Trinajstić information content (AvgIpc) is 2.43. The molecule has 0 saturated heterocycles. The molecule has 0 aliphatic carbocycles. The summed E-state index contributed by atoms with van der Waals surface area (Å²) in [6.07, 6.45) is 0. The van der Waals surface area contributed by atoms with Crippen molar-refractivity contribution < 1.29 is 19.1 Å². The van der Waals surface area contributed by atoms with E-state index in [1.54, 1.807) is 31.4 Å². The van der Waals surface area contributed by atoms with E-state index in [1.807, 2.05) is 0 Å². The number of hydrogen-bond donors (Lipinski definition) is 2. The smallest absolute Gasteiger partial charge is 0.337 e. The van der Waals surface area contributed by atoms with E-state index in [0.29, 0.717) is 24.4 Å². The molecule has 1 amide bonds. The largest absolute Gasteiger partial charge is 0.465 e. The zero-order valence-electron chi connectivity index (χ0n) is 11.5. The molecule has 6 nitrogen and oxygen atoms in total. The first-order valence-electron chi connectivity index (χ1n) is 5.85. The van der Waals surface area contributed by atoms with Gasteiger partial charge < -0.3 is 20.1 Å².